The topological polar surface area (TPSA) is 230 Å². The van der Waals surface area contributed by atoms with Crippen LogP contribution in [0.25, 0.3) is 0 Å². The molecule has 7 N–H and O–H groups in total. The van der Waals surface area contributed by atoms with Crippen molar-refractivity contribution in [3.05, 3.63) is 72.9 Å². The highest BCUT2D eigenvalue weighted by molar-refractivity contribution is 7.47. The first-order chi connectivity index (χ1) is 31.9. The summed E-state index contributed by atoms with van der Waals surface area (Å²) in [5, 5.41) is 59.0. The Morgan fingerprint density at radius 3 is 1.38 bits per heavy atom. The molecule has 1 aliphatic rings. The van der Waals surface area contributed by atoms with E-state index in [1.165, 1.54) is 51.4 Å². The summed E-state index contributed by atoms with van der Waals surface area (Å²) in [5.41, 5.74) is 0. The number of ether oxygens (including phenoxy) is 2. The van der Waals surface area contributed by atoms with Crippen LogP contribution in [0.1, 0.15) is 174 Å². The van der Waals surface area contributed by atoms with E-state index < -0.39 is 75.7 Å². The lowest BCUT2D eigenvalue weighted by molar-refractivity contribution is -0.220. The minimum Gasteiger partial charge on any atom is -0.462 e. The van der Waals surface area contributed by atoms with Gasteiger partial charge in [0.15, 0.2) is 6.10 Å². The van der Waals surface area contributed by atoms with E-state index in [1.54, 1.807) is 0 Å². The van der Waals surface area contributed by atoms with Gasteiger partial charge < -0.3 is 45.0 Å². The van der Waals surface area contributed by atoms with E-state index in [1.807, 2.05) is 12.2 Å². The summed E-state index contributed by atoms with van der Waals surface area (Å²) in [4.78, 5) is 35.8. The van der Waals surface area contributed by atoms with Crippen LogP contribution in [0, 0.1) is 0 Å². The molecule has 1 fully saturated rings. The van der Waals surface area contributed by atoms with Crippen LogP contribution in [0.2, 0.25) is 0 Å². The molecule has 0 aliphatic heterocycles. The Morgan fingerprint density at radius 2 is 0.894 bits per heavy atom. The van der Waals surface area contributed by atoms with Gasteiger partial charge in [-0.15, -0.1) is 0 Å². The van der Waals surface area contributed by atoms with Gasteiger partial charge in [-0.05, 0) is 89.9 Å². The molecule has 14 nitrogen and oxygen atoms in total. The highest BCUT2D eigenvalue weighted by atomic mass is 31.2. The molecular formula is C51H87O14P. The number of aliphatic hydroxyl groups is 6. The Bertz CT molecular complexity index is 1430. The van der Waals surface area contributed by atoms with Gasteiger partial charge in [0.25, 0.3) is 0 Å². The van der Waals surface area contributed by atoms with Gasteiger partial charge in [0, 0.05) is 19.4 Å². The van der Waals surface area contributed by atoms with E-state index in [9.17, 15) is 44.6 Å². The molecule has 0 aromatic rings. The van der Waals surface area contributed by atoms with E-state index in [0.717, 1.165) is 83.5 Å². The molecule has 1 rings (SSSR count). The fraction of sp³-hybridized carbons (Fsp3) is 0.725. The number of hydrogen-bond acceptors (Lipinski definition) is 13. The Balaban J connectivity index is 2.46. The molecule has 0 amide bonds. The predicted octanol–water partition coefficient (Wildman–Crippen LogP) is 9.25. The summed E-state index contributed by atoms with van der Waals surface area (Å²) in [6.07, 6.45) is 36.8. The number of phosphoric ester groups is 1. The first kappa shape index (κ1) is 61.3. The van der Waals surface area contributed by atoms with Gasteiger partial charge in [-0.3, -0.25) is 18.6 Å². The average Bonchev–Trinajstić information content (AvgIpc) is 3.30. The lowest BCUT2D eigenvalue weighted by Crippen LogP contribution is -2.64. The summed E-state index contributed by atoms with van der Waals surface area (Å²) in [6.45, 7) is 1.24. The predicted molar refractivity (Wildman–Crippen MR) is 259 cm³/mol. The summed E-state index contributed by atoms with van der Waals surface area (Å²) in [7, 11) is -5.15. The highest BCUT2D eigenvalue weighted by Crippen LogP contribution is 2.47. The third kappa shape index (κ3) is 32.9. The molecule has 0 aromatic carbocycles. The second-order valence-electron chi connectivity index (χ2n) is 17.0. The number of carbonyl (C=O) groups excluding carboxylic acids is 2. The molecule has 0 spiro atoms. The van der Waals surface area contributed by atoms with Gasteiger partial charge in [-0.25, -0.2) is 4.57 Å². The number of phosphoric acid groups is 1. The van der Waals surface area contributed by atoms with Gasteiger partial charge >= 0.3 is 19.8 Å². The molecule has 0 heterocycles. The first-order valence-corrected chi connectivity index (χ1v) is 26.3. The minimum absolute atomic E-state index is 0.00703. The quantitative estimate of drug-likeness (QED) is 0.0131. The molecule has 8 atom stereocenters. The van der Waals surface area contributed by atoms with Crippen LogP contribution in [-0.2, 0) is 32.7 Å². The van der Waals surface area contributed by atoms with Crippen molar-refractivity contribution in [2.24, 2.45) is 0 Å². The van der Waals surface area contributed by atoms with Gasteiger partial charge in [0.05, 0.1) is 6.61 Å². The van der Waals surface area contributed by atoms with E-state index in [0.29, 0.717) is 19.3 Å². The first-order valence-electron chi connectivity index (χ1n) is 24.8. The summed E-state index contributed by atoms with van der Waals surface area (Å²) >= 11 is 0. The molecule has 1 aliphatic carbocycles. The van der Waals surface area contributed by atoms with Crippen LogP contribution in [0.15, 0.2) is 72.9 Å². The largest absolute Gasteiger partial charge is 0.472 e. The summed E-state index contributed by atoms with van der Waals surface area (Å²) in [6, 6.07) is 0. The molecule has 66 heavy (non-hydrogen) atoms. The van der Waals surface area contributed by atoms with Crippen LogP contribution >= 0.6 is 7.82 Å². The Labute approximate surface area is 396 Å². The van der Waals surface area contributed by atoms with Crippen molar-refractivity contribution >= 4 is 19.8 Å². The van der Waals surface area contributed by atoms with Gasteiger partial charge in [-0.1, -0.05) is 144 Å². The average molecular weight is 955 g/mol. The number of aliphatic hydroxyl groups excluding tert-OH is 6. The maximum absolute atomic E-state index is 12.8. The zero-order chi connectivity index (χ0) is 48.5. The second kappa shape index (κ2) is 41.2. The van der Waals surface area contributed by atoms with Crippen LogP contribution in [-0.4, -0.2) is 110 Å². The van der Waals surface area contributed by atoms with Crippen molar-refractivity contribution in [1.29, 1.82) is 0 Å². The van der Waals surface area contributed by atoms with Gasteiger partial charge in [0.2, 0.25) is 0 Å². The SMILES string of the molecule is CCCCC/C=C\C/C=C\CCCCCCCCCCCC(=O)OC[C@H](COP(=O)(O)OC1[C@H](O)[C@H](O)C(O)[C@H](O)[C@H]1O)OC(=O)CCC/C=C\C/C=C\C/C=C\C/C=C\CCCCCO. The zero-order valence-electron chi connectivity index (χ0n) is 39.9. The molecule has 380 valence electrons. The van der Waals surface area contributed by atoms with Crippen molar-refractivity contribution < 1.29 is 68.2 Å². The third-order valence-corrected chi connectivity index (χ3v) is 12.1. The molecule has 15 heteroatoms. The Morgan fingerprint density at radius 1 is 0.500 bits per heavy atom. The van der Waals surface area contributed by atoms with Crippen molar-refractivity contribution in [2.45, 2.75) is 217 Å². The normalized spacial score (nSPS) is 21.9. The van der Waals surface area contributed by atoms with Crippen molar-refractivity contribution in [3.63, 3.8) is 0 Å². The smallest absolute Gasteiger partial charge is 0.462 e. The summed E-state index contributed by atoms with van der Waals surface area (Å²) in [5.74, 6) is -1.19. The number of esters is 2. The Kier molecular flexibility index (Phi) is 38.3. The molecule has 1 saturated carbocycles. The van der Waals surface area contributed by atoms with Gasteiger partial charge in [-0.2, -0.15) is 0 Å². The zero-order valence-corrected chi connectivity index (χ0v) is 40.8. The number of rotatable bonds is 41. The number of allylic oxidation sites excluding steroid dienone is 12. The van der Waals surface area contributed by atoms with E-state index in [-0.39, 0.29) is 19.4 Å². The molecule has 0 radical (unpaired) electrons. The summed E-state index contributed by atoms with van der Waals surface area (Å²) < 4.78 is 33.5. The maximum atomic E-state index is 12.8. The van der Waals surface area contributed by atoms with Crippen LogP contribution in [0.4, 0.5) is 0 Å². The molecule has 3 unspecified atom stereocenters. The van der Waals surface area contributed by atoms with Crippen molar-refractivity contribution in [2.75, 3.05) is 19.8 Å². The van der Waals surface area contributed by atoms with Crippen LogP contribution in [0.3, 0.4) is 0 Å². The fourth-order valence-electron chi connectivity index (χ4n) is 7.05. The fourth-order valence-corrected chi connectivity index (χ4v) is 8.03. The van der Waals surface area contributed by atoms with Crippen LogP contribution in [0.5, 0.6) is 0 Å². The van der Waals surface area contributed by atoms with Crippen LogP contribution < -0.4 is 0 Å². The van der Waals surface area contributed by atoms with Crippen molar-refractivity contribution in [1.82, 2.24) is 0 Å². The monoisotopic (exact) mass is 955 g/mol. The minimum atomic E-state index is -5.15. The lowest BCUT2D eigenvalue weighted by Gasteiger charge is -2.41. The second-order valence-corrected chi connectivity index (χ2v) is 18.4. The number of unbranched alkanes of at least 4 members (excludes halogenated alkanes) is 16. The standard InChI is InChI=1S/C51H87O14P/c1-2-3-4-5-6-7-8-9-10-11-12-14-17-20-23-26-29-32-35-38-44(53)62-41-43(42-63-66(60,61)65-51-49(58)47(56)46(55)48(57)50(51)59)64-45(54)39-36-33-30-27-24-21-18-15-13-16-19-22-25-28-31-34-37-40-52/h6-7,9-10,13,16,18,21-22,25,27,30,43,46-52,55-59H,2-5,8,11-12,14-15,17,19-20,23-24,26,28-29,31-42H2,1H3,(H,60,61)/b7-6-,10-9-,16-13-,21-18-,25-22-,30-27-/t43-,46?,47-,48+,49-,50-,51?/m1/s1. The van der Waals surface area contributed by atoms with Gasteiger partial charge in [0.1, 0.15) is 43.2 Å². The van der Waals surface area contributed by atoms with E-state index in [4.69, 9.17) is 23.6 Å². The molecule has 0 bridgehead atoms. The highest BCUT2D eigenvalue weighted by Gasteiger charge is 2.51. The molecule has 0 saturated heterocycles. The van der Waals surface area contributed by atoms with Crippen molar-refractivity contribution in [3.8, 4) is 0 Å². The number of hydrogen-bond donors (Lipinski definition) is 7. The Hall–Kier alpha value is -2.75. The molecular weight excluding hydrogens is 868 g/mol. The molecule has 0 aromatic heterocycles. The van der Waals surface area contributed by atoms with E-state index >= 15 is 0 Å². The maximum Gasteiger partial charge on any atom is 0.472 e. The lowest BCUT2D eigenvalue weighted by atomic mass is 9.85. The number of carbonyl (C=O) groups is 2. The third-order valence-electron chi connectivity index (χ3n) is 11.1. The van der Waals surface area contributed by atoms with E-state index in [2.05, 4.69) is 67.7 Å².